The first-order chi connectivity index (χ1) is 19.1. The Balaban J connectivity index is 1.22. The maximum Gasteiger partial charge on any atom is 0.272 e. The number of carbonyl (C=O) groups excluding carboxylic acids is 2. The van der Waals surface area contributed by atoms with Crippen LogP contribution in [0.4, 0.5) is 14.6 Å². The molecule has 2 amide bonds. The Morgan fingerprint density at radius 2 is 1.93 bits per heavy atom. The minimum absolute atomic E-state index is 0.151. The molecule has 0 radical (unpaired) electrons. The van der Waals surface area contributed by atoms with Crippen LogP contribution in [0.2, 0.25) is 5.02 Å². The molecule has 0 unspecified atom stereocenters. The van der Waals surface area contributed by atoms with Crippen molar-refractivity contribution in [3.8, 4) is 11.3 Å². The number of likely N-dealkylation sites (tertiary alicyclic amines) is 1. The molecule has 0 spiro atoms. The standard InChI is InChI=1S/C27H26ClF2N7O3/c1-16-20(26(40)31-9-8-22(38)17-2-4-19(28)5-3-17)10-18(11-32-16)21-6-7-24-33-23(12-37(24)35-21)34-25(39)13-36-14-27(29,30)15-36/h2-7,10-12,22,38H,8-9,13-15H2,1H3,(H,31,40)(H,34,39)/t22-/m1/s1. The minimum Gasteiger partial charge on any atom is -0.388 e. The van der Waals surface area contributed by atoms with Gasteiger partial charge in [0.15, 0.2) is 11.5 Å². The third-order valence-corrected chi connectivity index (χ3v) is 6.70. The normalized spacial score (nSPS) is 15.4. The van der Waals surface area contributed by atoms with E-state index in [-0.39, 0.29) is 24.8 Å². The van der Waals surface area contributed by atoms with Crippen LogP contribution in [0.3, 0.4) is 0 Å². The van der Waals surface area contributed by atoms with Crippen molar-refractivity contribution >= 4 is 34.9 Å². The second-order valence-corrected chi connectivity index (χ2v) is 10.1. The number of aromatic nitrogens is 4. The Kier molecular flexibility index (Phi) is 7.74. The number of alkyl halides is 2. The molecule has 10 nitrogen and oxygen atoms in total. The van der Waals surface area contributed by atoms with Gasteiger partial charge in [-0.25, -0.2) is 18.3 Å². The summed E-state index contributed by atoms with van der Waals surface area (Å²) in [7, 11) is 0. The summed E-state index contributed by atoms with van der Waals surface area (Å²) in [5.41, 5.74) is 3.20. The predicted octanol–water partition coefficient (Wildman–Crippen LogP) is 3.50. The number of rotatable bonds is 9. The number of aliphatic hydroxyl groups excluding tert-OH is 1. The number of halogens is 3. The number of fused-ring (bicyclic) bond motifs is 1. The minimum atomic E-state index is -2.74. The average Bonchev–Trinajstić information content (AvgIpc) is 3.29. The summed E-state index contributed by atoms with van der Waals surface area (Å²) >= 11 is 5.89. The first kappa shape index (κ1) is 27.6. The largest absolute Gasteiger partial charge is 0.388 e. The van der Waals surface area contributed by atoms with Crippen LogP contribution in [0, 0.1) is 6.92 Å². The lowest BCUT2D eigenvalue weighted by molar-refractivity contribution is -0.141. The number of aliphatic hydroxyl groups is 1. The van der Waals surface area contributed by atoms with Gasteiger partial charge in [-0.1, -0.05) is 23.7 Å². The fraction of sp³-hybridized carbons (Fsp3) is 0.296. The van der Waals surface area contributed by atoms with E-state index in [0.717, 1.165) is 0 Å². The quantitative estimate of drug-likeness (QED) is 0.282. The molecule has 1 atom stereocenters. The highest BCUT2D eigenvalue weighted by molar-refractivity contribution is 6.30. The van der Waals surface area contributed by atoms with Gasteiger partial charge in [-0.15, -0.1) is 0 Å². The van der Waals surface area contributed by atoms with Gasteiger partial charge in [-0.05, 0) is 49.2 Å². The zero-order valence-electron chi connectivity index (χ0n) is 21.4. The molecule has 1 saturated heterocycles. The summed E-state index contributed by atoms with van der Waals surface area (Å²) in [4.78, 5) is 35.1. The highest BCUT2D eigenvalue weighted by Crippen LogP contribution is 2.26. The number of aryl methyl sites for hydroxylation is 1. The fourth-order valence-electron chi connectivity index (χ4n) is 4.37. The lowest BCUT2D eigenvalue weighted by Gasteiger charge is -2.37. The van der Waals surface area contributed by atoms with Crippen molar-refractivity contribution in [1.29, 1.82) is 0 Å². The van der Waals surface area contributed by atoms with Gasteiger partial charge in [0.2, 0.25) is 5.91 Å². The second-order valence-electron chi connectivity index (χ2n) is 9.67. The maximum atomic E-state index is 13.0. The number of imidazole rings is 1. The van der Waals surface area contributed by atoms with Crippen LogP contribution in [0.1, 0.15) is 34.1 Å². The Morgan fingerprint density at radius 1 is 1.18 bits per heavy atom. The van der Waals surface area contributed by atoms with E-state index in [1.54, 1.807) is 55.6 Å². The Bertz CT molecular complexity index is 1550. The highest BCUT2D eigenvalue weighted by Gasteiger charge is 2.44. The van der Waals surface area contributed by atoms with E-state index in [9.17, 15) is 23.5 Å². The molecule has 4 aromatic rings. The Morgan fingerprint density at radius 3 is 2.65 bits per heavy atom. The topological polar surface area (TPSA) is 125 Å². The summed E-state index contributed by atoms with van der Waals surface area (Å²) in [6.07, 6.45) is 2.70. The molecule has 3 aromatic heterocycles. The van der Waals surface area contributed by atoms with E-state index < -0.39 is 31.0 Å². The van der Waals surface area contributed by atoms with Crippen molar-refractivity contribution in [1.82, 2.24) is 29.8 Å². The number of anilines is 1. The van der Waals surface area contributed by atoms with Crippen molar-refractivity contribution in [3.63, 3.8) is 0 Å². The van der Waals surface area contributed by atoms with E-state index in [2.05, 4.69) is 25.7 Å². The lowest BCUT2D eigenvalue weighted by atomic mass is 10.1. The first-order valence-electron chi connectivity index (χ1n) is 12.5. The molecule has 4 heterocycles. The van der Waals surface area contributed by atoms with Gasteiger partial charge in [-0.3, -0.25) is 19.5 Å². The van der Waals surface area contributed by atoms with Gasteiger partial charge < -0.3 is 15.7 Å². The van der Waals surface area contributed by atoms with Crippen LogP contribution >= 0.6 is 11.6 Å². The molecule has 0 saturated carbocycles. The summed E-state index contributed by atoms with van der Waals surface area (Å²) < 4.78 is 27.5. The number of benzene rings is 1. The third kappa shape index (κ3) is 6.41. The average molecular weight is 570 g/mol. The Labute approximate surface area is 233 Å². The molecule has 40 heavy (non-hydrogen) atoms. The molecule has 1 aliphatic heterocycles. The number of carbonyl (C=O) groups is 2. The van der Waals surface area contributed by atoms with E-state index >= 15 is 0 Å². The third-order valence-electron chi connectivity index (χ3n) is 6.45. The molecule has 0 aliphatic carbocycles. The van der Waals surface area contributed by atoms with Crippen LogP contribution in [0.25, 0.3) is 16.9 Å². The molecular formula is C27H26ClF2N7O3. The summed E-state index contributed by atoms with van der Waals surface area (Å²) in [5, 5.41) is 20.9. The van der Waals surface area contributed by atoms with Crippen LogP contribution in [-0.2, 0) is 4.79 Å². The predicted molar refractivity (Wildman–Crippen MR) is 144 cm³/mol. The van der Waals surface area contributed by atoms with Gasteiger partial charge in [-0.2, -0.15) is 5.10 Å². The number of pyridine rings is 1. The zero-order chi connectivity index (χ0) is 28.4. The first-order valence-corrected chi connectivity index (χ1v) is 12.9. The van der Waals surface area contributed by atoms with Crippen LogP contribution in [-0.4, -0.2) is 73.5 Å². The smallest absolute Gasteiger partial charge is 0.272 e. The Hall–Kier alpha value is -4.00. The molecule has 1 aromatic carbocycles. The van der Waals surface area contributed by atoms with Gasteiger partial charge in [0.1, 0.15) is 0 Å². The fourth-order valence-corrected chi connectivity index (χ4v) is 4.50. The van der Waals surface area contributed by atoms with E-state index in [1.807, 2.05) is 0 Å². The molecule has 1 fully saturated rings. The number of nitrogens with one attached hydrogen (secondary N) is 2. The SMILES string of the molecule is Cc1ncc(-c2ccc3nc(NC(=O)CN4CC(F)(F)C4)cn3n2)cc1C(=O)NCC[C@@H](O)c1ccc(Cl)cc1. The monoisotopic (exact) mass is 569 g/mol. The van der Waals surface area contributed by atoms with Crippen molar-refractivity contribution in [2.24, 2.45) is 0 Å². The summed E-state index contributed by atoms with van der Waals surface area (Å²) in [6, 6.07) is 12.0. The van der Waals surface area contributed by atoms with Gasteiger partial charge in [0, 0.05) is 23.3 Å². The highest BCUT2D eigenvalue weighted by atomic mass is 35.5. The lowest BCUT2D eigenvalue weighted by Crippen LogP contribution is -2.57. The molecule has 13 heteroatoms. The van der Waals surface area contributed by atoms with Gasteiger partial charge >= 0.3 is 0 Å². The van der Waals surface area contributed by atoms with Gasteiger partial charge in [0.05, 0.1) is 48.9 Å². The van der Waals surface area contributed by atoms with E-state index in [4.69, 9.17) is 11.6 Å². The number of nitrogens with zero attached hydrogens (tertiary/aromatic N) is 5. The molecule has 1 aliphatic rings. The molecule has 0 bridgehead atoms. The molecule has 3 N–H and O–H groups in total. The number of hydrogen-bond donors (Lipinski definition) is 3. The van der Waals surface area contributed by atoms with Crippen LogP contribution in [0.5, 0.6) is 0 Å². The van der Waals surface area contributed by atoms with Crippen molar-refractivity contribution in [3.05, 3.63) is 76.7 Å². The van der Waals surface area contributed by atoms with E-state index in [0.29, 0.717) is 45.2 Å². The van der Waals surface area contributed by atoms with Crippen LogP contribution < -0.4 is 10.6 Å². The summed E-state index contributed by atoms with van der Waals surface area (Å²) in [5.74, 6) is -3.28. The summed E-state index contributed by atoms with van der Waals surface area (Å²) in [6.45, 7) is 0.950. The van der Waals surface area contributed by atoms with Crippen molar-refractivity contribution < 1.29 is 23.5 Å². The molecule has 208 valence electrons. The van der Waals surface area contributed by atoms with Crippen molar-refractivity contribution in [2.75, 3.05) is 31.5 Å². The second kappa shape index (κ2) is 11.2. The van der Waals surface area contributed by atoms with Crippen LogP contribution in [0.15, 0.2) is 54.9 Å². The van der Waals surface area contributed by atoms with Crippen molar-refractivity contribution in [2.45, 2.75) is 25.4 Å². The number of hydrogen-bond acceptors (Lipinski definition) is 7. The maximum absolute atomic E-state index is 13.0. The molecular weight excluding hydrogens is 544 g/mol. The van der Waals surface area contributed by atoms with E-state index in [1.165, 1.54) is 15.6 Å². The number of amides is 2. The van der Waals surface area contributed by atoms with Gasteiger partial charge in [0.25, 0.3) is 11.8 Å². The molecule has 5 rings (SSSR count). The zero-order valence-corrected chi connectivity index (χ0v) is 22.2.